The number of fused-ring (bicyclic) bond motifs is 3. The van der Waals surface area contributed by atoms with Crippen molar-refractivity contribution in [2.24, 2.45) is 0 Å². The first kappa shape index (κ1) is 12.3. The monoisotopic (exact) mass is 270 g/mol. The lowest BCUT2D eigenvalue weighted by Crippen LogP contribution is -2.51. The predicted octanol–water partition coefficient (Wildman–Crippen LogP) is 1.59. The molecule has 100 valence electrons. The highest BCUT2D eigenvalue weighted by atomic mass is 14.7. The molecular formula is C18H15BN2. The molecule has 0 radical (unpaired) electrons. The number of hydrogen-bond donors (Lipinski definition) is 0. The molecule has 0 amide bonds. The van der Waals surface area contributed by atoms with Crippen LogP contribution in [0.1, 0.15) is 11.4 Å². The van der Waals surface area contributed by atoms with Gasteiger partial charge in [0.15, 0.2) is 0 Å². The minimum absolute atomic E-state index is 0.149. The van der Waals surface area contributed by atoms with Crippen LogP contribution in [-0.2, 0) is 0 Å². The largest absolute Gasteiger partial charge is 0.290 e. The Bertz CT molecular complexity index is 776. The second-order valence-electron chi connectivity index (χ2n) is 5.61. The fraction of sp³-hybridized carbons (Fsp3) is 0.111. The topological polar surface area (TPSA) is 25.8 Å². The lowest BCUT2D eigenvalue weighted by Gasteiger charge is -2.09. The Kier molecular flexibility index (Phi) is 2.68. The van der Waals surface area contributed by atoms with Gasteiger partial charge in [0.2, 0.25) is 0 Å². The molecule has 0 spiro atoms. The van der Waals surface area contributed by atoms with Crippen LogP contribution in [0.4, 0.5) is 0 Å². The van der Waals surface area contributed by atoms with E-state index in [9.17, 15) is 0 Å². The first-order valence-electron chi connectivity index (χ1n) is 7.24. The summed E-state index contributed by atoms with van der Waals surface area (Å²) in [7, 11) is 0. The van der Waals surface area contributed by atoms with E-state index in [0.29, 0.717) is 0 Å². The maximum absolute atomic E-state index is 4.82. The SMILES string of the molecule is Cc1ccc2c(n1)B(c1ccccc1)c1nc(C)ccc1-2. The molecule has 0 N–H and O–H groups in total. The van der Waals surface area contributed by atoms with E-state index in [1.54, 1.807) is 0 Å². The molecule has 1 aliphatic rings. The van der Waals surface area contributed by atoms with Gasteiger partial charge >= 0.3 is 0 Å². The van der Waals surface area contributed by atoms with Crippen LogP contribution in [0.25, 0.3) is 11.1 Å². The summed E-state index contributed by atoms with van der Waals surface area (Å²) in [6.45, 7) is 4.24. The van der Waals surface area contributed by atoms with E-state index in [0.717, 1.165) is 22.6 Å². The van der Waals surface area contributed by atoms with Gasteiger partial charge in [0.1, 0.15) is 0 Å². The van der Waals surface area contributed by atoms with Crippen molar-refractivity contribution in [3.8, 4) is 11.1 Å². The van der Waals surface area contributed by atoms with Crippen LogP contribution >= 0.6 is 0 Å². The highest BCUT2D eigenvalue weighted by Crippen LogP contribution is 2.21. The Hall–Kier alpha value is -2.42. The summed E-state index contributed by atoms with van der Waals surface area (Å²) in [5.41, 5.74) is 8.07. The van der Waals surface area contributed by atoms with Gasteiger partial charge in [-0.1, -0.05) is 47.9 Å². The van der Waals surface area contributed by atoms with Crippen molar-refractivity contribution in [3.63, 3.8) is 0 Å². The third-order valence-electron chi connectivity index (χ3n) is 4.10. The number of nitrogens with zero attached hydrogens (tertiary/aromatic N) is 2. The van der Waals surface area contributed by atoms with Crippen molar-refractivity contribution < 1.29 is 0 Å². The molecule has 0 fully saturated rings. The number of aromatic nitrogens is 2. The van der Waals surface area contributed by atoms with Crippen LogP contribution in [-0.4, -0.2) is 16.7 Å². The van der Waals surface area contributed by atoms with Crippen molar-refractivity contribution in [1.29, 1.82) is 0 Å². The molecule has 0 atom stereocenters. The van der Waals surface area contributed by atoms with Gasteiger partial charge in [0, 0.05) is 22.6 Å². The normalized spacial score (nSPS) is 12.2. The van der Waals surface area contributed by atoms with Gasteiger partial charge in [-0.15, -0.1) is 0 Å². The summed E-state index contributed by atoms with van der Waals surface area (Å²) in [6, 6.07) is 19.1. The summed E-state index contributed by atoms with van der Waals surface area (Å²) < 4.78 is 0. The second-order valence-corrected chi connectivity index (χ2v) is 5.61. The van der Waals surface area contributed by atoms with E-state index < -0.39 is 0 Å². The molecule has 0 saturated heterocycles. The molecule has 3 heteroatoms. The number of pyridine rings is 2. The van der Waals surface area contributed by atoms with Gasteiger partial charge in [-0.3, -0.25) is 9.97 Å². The van der Waals surface area contributed by atoms with Crippen LogP contribution in [0.15, 0.2) is 54.6 Å². The third kappa shape index (κ3) is 1.89. The van der Waals surface area contributed by atoms with Gasteiger partial charge in [0.05, 0.1) is 0 Å². The molecule has 4 rings (SSSR count). The van der Waals surface area contributed by atoms with Crippen molar-refractivity contribution >= 4 is 23.4 Å². The van der Waals surface area contributed by atoms with Crippen LogP contribution in [0, 0.1) is 13.8 Å². The molecule has 1 aromatic carbocycles. The van der Waals surface area contributed by atoms with Crippen molar-refractivity contribution in [2.45, 2.75) is 13.8 Å². The molecular weight excluding hydrogens is 255 g/mol. The summed E-state index contributed by atoms with van der Waals surface area (Å²) in [5.74, 6) is 0. The Morgan fingerprint density at radius 2 is 1.19 bits per heavy atom. The molecule has 0 aliphatic carbocycles. The number of aryl methyl sites for hydroxylation is 2. The van der Waals surface area contributed by atoms with Crippen LogP contribution in [0.5, 0.6) is 0 Å². The molecule has 21 heavy (non-hydrogen) atoms. The van der Waals surface area contributed by atoms with Crippen molar-refractivity contribution in [2.75, 3.05) is 0 Å². The Morgan fingerprint density at radius 3 is 1.71 bits per heavy atom. The lowest BCUT2D eigenvalue weighted by molar-refractivity contribution is 1.24. The summed E-state index contributed by atoms with van der Waals surface area (Å²) >= 11 is 0. The average molecular weight is 270 g/mol. The number of hydrogen-bond acceptors (Lipinski definition) is 2. The van der Waals surface area contributed by atoms with Crippen LogP contribution in [0.3, 0.4) is 0 Å². The smallest absolute Gasteiger partial charge is 0.267 e. The van der Waals surface area contributed by atoms with E-state index in [1.807, 2.05) is 19.9 Å². The minimum atomic E-state index is 0.149. The highest BCUT2D eigenvalue weighted by molar-refractivity contribution is 6.98. The standard InChI is InChI=1S/C18H15BN2/c1-12-8-10-15-16-11-9-13(2)21-18(16)19(17(15)20-12)14-6-4-3-5-7-14/h3-11H,1-2H3. The Balaban J connectivity index is 2.02. The maximum Gasteiger partial charge on any atom is 0.290 e. The molecule has 2 nitrogen and oxygen atoms in total. The third-order valence-corrected chi connectivity index (χ3v) is 4.10. The molecule has 1 aliphatic heterocycles. The zero-order valence-electron chi connectivity index (χ0n) is 12.2. The van der Waals surface area contributed by atoms with Crippen molar-refractivity contribution in [3.05, 3.63) is 66.0 Å². The summed E-state index contributed by atoms with van der Waals surface area (Å²) in [6.07, 6.45) is 0. The number of rotatable bonds is 1. The van der Waals surface area contributed by atoms with Gasteiger partial charge in [0.25, 0.3) is 6.71 Å². The van der Waals surface area contributed by atoms with Gasteiger partial charge in [-0.25, -0.2) is 0 Å². The molecule has 2 aromatic heterocycles. The van der Waals surface area contributed by atoms with E-state index in [4.69, 9.17) is 9.97 Å². The first-order valence-corrected chi connectivity index (χ1v) is 7.24. The molecule has 0 unspecified atom stereocenters. The maximum atomic E-state index is 4.82. The van der Waals surface area contributed by atoms with Gasteiger partial charge < -0.3 is 0 Å². The highest BCUT2D eigenvalue weighted by Gasteiger charge is 2.36. The predicted molar refractivity (Wildman–Crippen MR) is 88.0 cm³/mol. The van der Waals surface area contributed by atoms with E-state index >= 15 is 0 Å². The molecule has 0 saturated carbocycles. The molecule has 3 aromatic rings. The van der Waals surface area contributed by atoms with E-state index in [2.05, 4.69) is 48.5 Å². The zero-order valence-corrected chi connectivity index (χ0v) is 12.2. The Labute approximate surface area is 125 Å². The van der Waals surface area contributed by atoms with Crippen molar-refractivity contribution in [1.82, 2.24) is 9.97 Å². The minimum Gasteiger partial charge on any atom is -0.267 e. The van der Waals surface area contributed by atoms with E-state index in [1.165, 1.54) is 16.6 Å². The fourth-order valence-electron chi connectivity index (χ4n) is 3.14. The summed E-state index contributed by atoms with van der Waals surface area (Å²) in [4.78, 5) is 9.63. The Morgan fingerprint density at radius 1 is 0.667 bits per heavy atom. The van der Waals surface area contributed by atoms with Gasteiger partial charge in [-0.05, 0) is 37.1 Å². The molecule has 3 heterocycles. The van der Waals surface area contributed by atoms with E-state index in [-0.39, 0.29) is 6.71 Å². The number of benzene rings is 1. The second kappa shape index (κ2) is 4.56. The van der Waals surface area contributed by atoms with Crippen LogP contribution < -0.4 is 16.6 Å². The zero-order chi connectivity index (χ0) is 14.4. The first-order chi connectivity index (χ1) is 10.2. The molecule has 0 bridgehead atoms. The quantitative estimate of drug-likeness (QED) is 0.491. The lowest BCUT2D eigenvalue weighted by atomic mass is 9.42. The fourth-order valence-corrected chi connectivity index (χ4v) is 3.14. The van der Waals surface area contributed by atoms with Crippen LogP contribution in [0.2, 0.25) is 0 Å². The average Bonchev–Trinajstić information content (AvgIpc) is 2.80. The summed E-state index contributed by atoms with van der Waals surface area (Å²) in [5, 5.41) is 0. The van der Waals surface area contributed by atoms with Gasteiger partial charge in [-0.2, -0.15) is 0 Å².